The lowest BCUT2D eigenvalue weighted by atomic mass is 10.1. The molecule has 0 aliphatic heterocycles. The van der Waals surface area contributed by atoms with Gasteiger partial charge in [-0.1, -0.05) is 13.8 Å². The summed E-state index contributed by atoms with van der Waals surface area (Å²) in [7, 11) is 3.36. The minimum atomic E-state index is -0.682. The Morgan fingerprint density at radius 2 is 2.11 bits per heavy atom. The SMILES string of the molecule is CC[C@@H](C)/C(=C\C(=C/NC)N/C=C(/F)C(=N)Br)OC. The van der Waals surface area contributed by atoms with E-state index in [4.69, 9.17) is 10.1 Å². The van der Waals surface area contributed by atoms with Crippen LogP contribution < -0.4 is 10.6 Å². The number of hydrogen-bond acceptors (Lipinski definition) is 4. The topological polar surface area (TPSA) is 57.1 Å². The van der Waals surface area contributed by atoms with Gasteiger partial charge in [-0.2, -0.15) is 0 Å². The fourth-order valence-electron chi connectivity index (χ4n) is 1.25. The number of nitrogens with one attached hydrogen (secondary N) is 3. The van der Waals surface area contributed by atoms with E-state index in [0.29, 0.717) is 5.70 Å². The molecule has 1 atom stereocenters. The maximum atomic E-state index is 13.2. The van der Waals surface area contributed by atoms with E-state index in [9.17, 15) is 4.39 Å². The first-order chi connectivity index (χ1) is 8.96. The van der Waals surface area contributed by atoms with E-state index in [2.05, 4.69) is 40.4 Å². The van der Waals surface area contributed by atoms with Gasteiger partial charge in [-0.3, -0.25) is 5.41 Å². The molecule has 4 nitrogen and oxygen atoms in total. The van der Waals surface area contributed by atoms with Gasteiger partial charge in [-0.15, -0.1) is 0 Å². The summed E-state index contributed by atoms with van der Waals surface area (Å²) in [6.45, 7) is 4.12. The smallest absolute Gasteiger partial charge is 0.171 e. The molecule has 0 aliphatic carbocycles. The fourth-order valence-corrected chi connectivity index (χ4v) is 1.36. The first kappa shape index (κ1) is 17.7. The van der Waals surface area contributed by atoms with Crippen LogP contribution in [0, 0.1) is 11.3 Å². The molecule has 0 heterocycles. The van der Waals surface area contributed by atoms with Gasteiger partial charge in [0, 0.05) is 31.4 Å². The Morgan fingerprint density at radius 3 is 2.53 bits per heavy atom. The van der Waals surface area contributed by atoms with E-state index in [1.54, 1.807) is 26.4 Å². The van der Waals surface area contributed by atoms with Crippen LogP contribution in [-0.2, 0) is 4.74 Å². The van der Waals surface area contributed by atoms with E-state index < -0.39 is 5.83 Å². The first-order valence-electron chi connectivity index (χ1n) is 5.95. The third-order valence-electron chi connectivity index (χ3n) is 2.51. The van der Waals surface area contributed by atoms with Gasteiger partial charge in [-0.25, -0.2) is 4.39 Å². The van der Waals surface area contributed by atoms with Gasteiger partial charge >= 0.3 is 0 Å². The summed E-state index contributed by atoms with van der Waals surface area (Å²) in [5.41, 5.74) is 0.642. The molecule has 0 aromatic rings. The fraction of sp³-hybridized carbons (Fsp3) is 0.462. The Labute approximate surface area is 122 Å². The highest BCUT2D eigenvalue weighted by Gasteiger charge is 2.07. The zero-order chi connectivity index (χ0) is 14.8. The van der Waals surface area contributed by atoms with Crippen molar-refractivity contribution < 1.29 is 9.13 Å². The third-order valence-corrected chi connectivity index (χ3v) is 2.89. The number of hydrogen-bond donors (Lipinski definition) is 3. The minimum absolute atomic E-state index is 0.273. The summed E-state index contributed by atoms with van der Waals surface area (Å²) in [5.74, 6) is 0.396. The van der Waals surface area contributed by atoms with E-state index in [1.165, 1.54) is 0 Å². The molecule has 0 saturated heterocycles. The van der Waals surface area contributed by atoms with Gasteiger partial charge in [-0.05, 0) is 22.4 Å². The molecular weight excluding hydrogens is 313 g/mol. The quantitative estimate of drug-likeness (QED) is 0.362. The van der Waals surface area contributed by atoms with Crippen molar-refractivity contribution in [1.29, 1.82) is 5.41 Å². The van der Waals surface area contributed by atoms with Crippen molar-refractivity contribution >= 4 is 20.6 Å². The second kappa shape index (κ2) is 9.61. The Morgan fingerprint density at radius 1 is 1.47 bits per heavy atom. The van der Waals surface area contributed by atoms with Gasteiger partial charge in [0.2, 0.25) is 0 Å². The largest absolute Gasteiger partial charge is 0.501 e. The lowest BCUT2D eigenvalue weighted by Gasteiger charge is -2.14. The van der Waals surface area contributed by atoms with Gasteiger partial charge in [0.05, 0.1) is 12.8 Å². The molecule has 0 spiro atoms. The molecule has 0 amide bonds. The van der Waals surface area contributed by atoms with Crippen LogP contribution in [0.1, 0.15) is 20.3 Å². The molecule has 0 fully saturated rings. The number of allylic oxidation sites excluding steroid dienone is 3. The molecule has 0 aromatic carbocycles. The summed E-state index contributed by atoms with van der Waals surface area (Å²) in [4.78, 5) is 0. The van der Waals surface area contributed by atoms with Crippen molar-refractivity contribution in [2.45, 2.75) is 20.3 Å². The summed E-state index contributed by atoms with van der Waals surface area (Å²) in [6.07, 6.45) is 5.54. The molecule has 3 N–H and O–H groups in total. The molecule has 0 rings (SSSR count). The molecular formula is C13H21BrFN3O. The maximum Gasteiger partial charge on any atom is 0.171 e. The van der Waals surface area contributed by atoms with Crippen LogP contribution in [0.4, 0.5) is 4.39 Å². The van der Waals surface area contributed by atoms with Crippen LogP contribution >= 0.6 is 15.9 Å². The van der Waals surface area contributed by atoms with Crippen LogP contribution in [0.2, 0.25) is 0 Å². The summed E-state index contributed by atoms with van der Waals surface area (Å²) >= 11 is 2.75. The predicted octanol–water partition coefficient (Wildman–Crippen LogP) is 3.40. The Bertz CT molecular complexity index is 391. The van der Waals surface area contributed by atoms with Crippen molar-refractivity contribution in [2.24, 2.45) is 5.92 Å². The van der Waals surface area contributed by atoms with E-state index in [0.717, 1.165) is 18.4 Å². The second-order valence-electron chi connectivity index (χ2n) is 3.90. The summed E-state index contributed by atoms with van der Waals surface area (Å²) in [6, 6.07) is 0. The molecule has 0 aliphatic rings. The lowest BCUT2D eigenvalue weighted by molar-refractivity contribution is 0.244. The lowest BCUT2D eigenvalue weighted by Crippen LogP contribution is -2.11. The number of ether oxygens (including phenoxy) is 1. The molecule has 0 bridgehead atoms. The van der Waals surface area contributed by atoms with Crippen molar-refractivity contribution in [3.8, 4) is 0 Å². The number of methoxy groups -OCH3 is 1. The molecule has 0 saturated carbocycles. The maximum absolute atomic E-state index is 13.2. The van der Waals surface area contributed by atoms with Crippen molar-refractivity contribution in [2.75, 3.05) is 14.2 Å². The van der Waals surface area contributed by atoms with E-state index >= 15 is 0 Å². The van der Waals surface area contributed by atoms with E-state index in [1.807, 2.05) is 0 Å². The monoisotopic (exact) mass is 333 g/mol. The summed E-state index contributed by atoms with van der Waals surface area (Å²) < 4.78 is 18.2. The first-order valence-corrected chi connectivity index (χ1v) is 6.75. The van der Waals surface area contributed by atoms with Crippen molar-refractivity contribution in [3.05, 3.63) is 35.8 Å². The van der Waals surface area contributed by atoms with Crippen LogP contribution in [0.5, 0.6) is 0 Å². The zero-order valence-electron chi connectivity index (χ0n) is 11.7. The molecule has 0 aromatic heterocycles. The highest BCUT2D eigenvalue weighted by Crippen LogP contribution is 2.16. The average Bonchev–Trinajstić information content (AvgIpc) is 2.40. The molecule has 0 radical (unpaired) electrons. The zero-order valence-corrected chi connectivity index (χ0v) is 13.3. The van der Waals surface area contributed by atoms with Gasteiger partial charge in [0.1, 0.15) is 10.4 Å². The summed E-state index contributed by atoms with van der Waals surface area (Å²) in [5, 5.41) is 12.7. The molecule has 6 heteroatoms. The third kappa shape index (κ3) is 7.00. The van der Waals surface area contributed by atoms with Crippen molar-refractivity contribution in [1.82, 2.24) is 10.6 Å². The van der Waals surface area contributed by atoms with Crippen LogP contribution in [0.25, 0.3) is 0 Å². The highest BCUT2D eigenvalue weighted by atomic mass is 79.9. The van der Waals surface area contributed by atoms with Gasteiger partial charge < -0.3 is 15.4 Å². The minimum Gasteiger partial charge on any atom is -0.501 e. The number of rotatable bonds is 8. The normalized spacial score (nSPS) is 14.9. The molecule has 108 valence electrons. The van der Waals surface area contributed by atoms with Gasteiger partial charge in [0.15, 0.2) is 5.83 Å². The number of halogens is 2. The van der Waals surface area contributed by atoms with Crippen LogP contribution in [-0.4, -0.2) is 18.8 Å². The average molecular weight is 334 g/mol. The standard InChI is InChI=1S/C13H21BrFN3O/c1-5-9(2)12(19-4)6-10(7-17-3)18-8-11(15)13(14)16/h6-9,16-18H,5H2,1-4H3/b10-7+,11-8+,12-6+,16-13?/t9-/m1/s1. The van der Waals surface area contributed by atoms with E-state index in [-0.39, 0.29) is 10.5 Å². The Kier molecular flexibility index (Phi) is 8.95. The second-order valence-corrected chi connectivity index (χ2v) is 4.69. The Hall–Kier alpha value is -1.30. The van der Waals surface area contributed by atoms with Crippen LogP contribution in [0.15, 0.2) is 35.8 Å². The highest BCUT2D eigenvalue weighted by molar-refractivity contribution is 9.18. The van der Waals surface area contributed by atoms with Crippen molar-refractivity contribution in [3.63, 3.8) is 0 Å². The predicted molar refractivity (Wildman–Crippen MR) is 80.7 cm³/mol. The molecule has 19 heavy (non-hydrogen) atoms. The Balaban J connectivity index is 5.03. The molecule has 0 unspecified atom stereocenters. The van der Waals surface area contributed by atoms with Gasteiger partial charge in [0.25, 0.3) is 0 Å². The van der Waals surface area contributed by atoms with Crippen LogP contribution in [0.3, 0.4) is 0 Å².